The number of aromatic nitrogens is 2. The molecule has 2 aromatic rings. The number of carbonyl (C=O) groups is 1. The molecule has 124 valence electrons. The number of nitrogens with one attached hydrogen (secondary N) is 1. The monoisotopic (exact) mass is 355 g/mol. The number of nitrogens with zero attached hydrogens (tertiary/aromatic N) is 2. The topological polar surface area (TPSA) is 73.3 Å². The van der Waals surface area contributed by atoms with Crippen LogP contribution in [0.5, 0.6) is 5.75 Å². The third-order valence-electron chi connectivity index (χ3n) is 2.57. The Kier molecular flexibility index (Phi) is 5.43. The predicted molar refractivity (Wildman–Crippen MR) is 90.3 cm³/mol. The maximum Gasteiger partial charge on any atom is 0.414 e. The Labute approximate surface area is 143 Å². The van der Waals surface area contributed by atoms with Crippen molar-refractivity contribution in [2.45, 2.75) is 39.9 Å². The van der Waals surface area contributed by atoms with Crippen LogP contribution in [0.15, 0.2) is 18.2 Å². The summed E-state index contributed by atoms with van der Waals surface area (Å²) >= 11 is 7.20. The van der Waals surface area contributed by atoms with Crippen LogP contribution in [-0.2, 0) is 11.3 Å². The lowest BCUT2D eigenvalue weighted by atomic mass is 10.2. The van der Waals surface area contributed by atoms with Crippen LogP contribution in [0.4, 0.5) is 9.93 Å². The van der Waals surface area contributed by atoms with Crippen molar-refractivity contribution < 1.29 is 14.3 Å². The summed E-state index contributed by atoms with van der Waals surface area (Å²) in [6.07, 6.45) is -0.561. The van der Waals surface area contributed by atoms with Crippen LogP contribution in [0.3, 0.4) is 0 Å². The quantitative estimate of drug-likeness (QED) is 0.878. The van der Waals surface area contributed by atoms with E-state index in [2.05, 4.69) is 15.5 Å². The van der Waals surface area contributed by atoms with Crippen molar-refractivity contribution in [1.29, 1.82) is 0 Å². The average molecular weight is 356 g/mol. The van der Waals surface area contributed by atoms with Gasteiger partial charge in [-0.1, -0.05) is 22.9 Å². The van der Waals surface area contributed by atoms with Crippen molar-refractivity contribution in [3.63, 3.8) is 0 Å². The summed E-state index contributed by atoms with van der Waals surface area (Å²) in [6, 6.07) is 5.42. The first-order valence-corrected chi connectivity index (χ1v) is 8.14. The van der Waals surface area contributed by atoms with E-state index >= 15 is 0 Å². The first-order valence-electron chi connectivity index (χ1n) is 6.94. The van der Waals surface area contributed by atoms with Gasteiger partial charge in [-0.2, -0.15) is 0 Å². The SMILES string of the molecule is Cc1cc(OCc2nnc(NC(=O)OC(C)(C)C)s2)ccc1Cl. The second kappa shape index (κ2) is 7.14. The van der Waals surface area contributed by atoms with E-state index in [1.807, 2.05) is 13.0 Å². The molecule has 0 bridgehead atoms. The fourth-order valence-corrected chi connectivity index (χ4v) is 2.36. The van der Waals surface area contributed by atoms with Gasteiger partial charge in [0.15, 0.2) is 5.01 Å². The molecule has 1 heterocycles. The van der Waals surface area contributed by atoms with Crippen molar-refractivity contribution in [3.05, 3.63) is 33.8 Å². The van der Waals surface area contributed by atoms with Crippen LogP contribution in [0.1, 0.15) is 31.3 Å². The highest BCUT2D eigenvalue weighted by Crippen LogP contribution is 2.23. The van der Waals surface area contributed by atoms with E-state index in [1.165, 1.54) is 11.3 Å². The summed E-state index contributed by atoms with van der Waals surface area (Å²) < 4.78 is 10.8. The Morgan fingerprint density at radius 1 is 1.35 bits per heavy atom. The van der Waals surface area contributed by atoms with E-state index in [0.29, 0.717) is 20.9 Å². The van der Waals surface area contributed by atoms with Crippen LogP contribution in [-0.4, -0.2) is 21.9 Å². The molecule has 0 spiro atoms. The molecule has 0 radical (unpaired) electrons. The summed E-state index contributed by atoms with van der Waals surface area (Å²) in [5.74, 6) is 0.698. The molecule has 23 heavy (non-hydrogen) atoms. The number of amides is 1. The molecule has 1 aromatic heterocycles. The largest absolute Gasteiger partial charge is 0.486 e. The van der Waals surface area contributed by atoms with E-state index in [4.69, 9.17) is 21.1 Å². The smallest absolute Gasteiger partial charge is 0.414 e. The van der Waals surface area contributed by atoms with Crippen LogP contribution < -0.4 is 10.1 Å². The van der Waals surface area contributed by atoms with E-state index in [0.717, 1.165) is 5.56 Å². The molecule has 0 aliphatic heterocycles. The van der Waals surface area contributed by atoms with Gasteiger partial charge in [-0.05, 0) is 51.5 Å². The Morgan fingerprint density at radius 2 is 2.09 bits per heavy atom. The molecule has 1 N–H and O–H groups in total. The molecular formula is C15H18ClN3O3S. The van der Waals surface area contributed by atoms with Crippen LogP contribution in [0, 0.1) is 6.92 Å². The highest BCUT2D eigenvalue weighted by Gasteiger charge is 2.17. The lowest BCUT2D eigenvalue weighted by molar-refractivity contribution is 0.0636. The van der Waals surface area contributed by atoms with Crippen molar-refractivity contribution >= 4 is 34.2 Å². The molecule has 1 aromatic carbocycles. The van der Waals surface area contributed by atoms with Gasteiger partial charge in [-0.15, -0.1) is 10.2 Å². The van der Waals surface area contributed by atoms with Crippen LogP contribution >= 0.6 is 22.9 Å². The minimum Gasteiger partial charge on any atom is -0.486 e. The van der Waals surface area contributed by atoms with Gasteiger partial charge >= 0.3 is 6.09 Å². The van der Waals surface area contributed by atoms with Crippen molar-refractivity contribution in [2.75, 3.05) is 5.32 Å². The number of hydrogen-bond donors (Lipinski definition) is 1. The van der Waals surface area contributed by atoms with Gasteiger partial charge < -0.3 is 9.47 Å². The number of hydrogen-bond acceptors (Lipinski definition) is 6. The lowest BCUT2D eigenvalue weighted by Gasteiger charge is -2.18. The molecule has 1 amide bonds. The fourth-order valence-electron chi connectivity index (χ4n) is 1.61. The van der Waals surface area contributed by atoms with Gasteiger partial charge in [-0.25, -0.2) is 4.79 Å². The standard InChI is InChI=1S/C15H18ClN3O3S/c1-9-7-10(5-6-11(9)16)21-8-12-18-19-13(23-12)17-14(20)22-15(2,3)4/h5-7H,8H2,1-4H3,(H,17,19,20). The normalized spacial score (nSPS) is 11.2. The Balaban J connectivity index is 1.89. The number of anilines is 1. The number of ether oxygens (including phenoxy) is 2. The van der Waals surface area contributed by atoms with Gasteiger partial charge in [0, 0.05) is 5.02 Å². The maximum atomic E-state index is 11.6. The third-order valence-corrected chi connectivity index (χ3v) is 3.80. The zero-order valence-corrected chi connectivity index (χ0v) is 14.9. The molecule has 0 saturated carbocycles. The molecule has 0 saturated heterocycles. The van der Waals surface area contributed by atoms with Gasteiger partial charge in [0.1, 0.15) is 18.0 Å². The highest BCUT2D eigenvalue weighted by atomic mass is 35.5. The molecule has 0 aliphatic carbocycles. The Hall–Kier alpha value is -1.86. The van der Waals surface area contributed by atoms with E-state index in [1.54, 1.807) is 32.9 Å². The maximum absolute atomic E-state index is 11.6. The molecule has 2 rings (SSSR count). The molecule has 0 fully saturated rings. The summed E-state index contributed by atoms with van der Waals surface area (Å²) in [5, 5.41) is 12.1. The van der Waals surface area contributed by atoms with E-state index in [9.17, 15) is 4.79 Å². The third kappa shape index (κ3) is 5.69. The number of rotatable bonds is 4. The van der Waals surface area contributed by atoms with Gasteiger partial charge in [0.25, 0.3) is 0 Å². The number of carbonyl (C=O) groups excluding carboxylic acids is 1. The predicted octanol–water partition coefficient (Wildman–Crippen LogP) is 4.43. The summed E-state index contributed by atoms with van der Waals surface area (Å²) in [6.45, 7) is 7.54. The van der Waals surface area contributed by atoms with Gasteiger partial charge in [-0.3, -0.25) is 5.32 Å². The zero-order valence-electron chi connectivity index (χ0n) is 13.3. The number of benzene rings is 1. The number of aryl methyl sites for hydroxylation is 1. The summed E-state index contributed by atoms with van der Waals surface area (Å²) in [7, 11) is 0. The van der Waals surface area contributed by atoms with Crippen molar-refractivity contribution in [2.24, 2.45) is 0 Å². The summed E-state index contributed by atoms with van der Waals surface area (Å²) in [5.41, 5.74) is 0.376. The Morgan fingerprint density at radius 3 is 2.74 bits per heavy atom. The summed E-state index contributed by atoms with van der Waals surface area (Å²) in [4.78, 5) is 11.6. The molecule has 8 heteroatoms. The number of halogens is 1. The zero-order chi connectivity index (χ0) is 17.0. The second-order valence-electron chi connectivity index (χ2n) is 5.83. The van der Waals surface area contributed by atoms with E-state index in [-0.39, 0.29) is 6.61 Å². The first kappa shape index (κ1) is 17.5. The molecule has 0 unspecified atom stereocenters. The highest BCUT2D eigenvalue weighted by molar-refractivity contribution is 7.15. The minimum absolute atomic E-state index is 0.259. The fraction of sp³-hybridized carbons (Fsp3) is 0.400. The Bertz CT molecular complexity index is 698. The van der Waals surface area contributed by atoms with Crippen molar-refractivity contribution in [3.8, 4) is 5.75 Å². The van der Waals surface area contributed by atoms with Gasteiger partial charge in [0.2, 0.25) is 5.13 Å². The second-order valence-corrected chi connectivity index (χ2v) is 7.30. The average Bonchev–Trinajstić information content (AvgIpc) is 2.85. The first-order chi connectivity index (χ1) is 10.7. The molecular weight excluding hydrogens is 338 g/mol. The molecule has 0 aliphatic rings. The van der Waals surface area contributed by atoms with E-state index < -0.39 is 11.7 Å². The molecule has 6 nitrogen and oxygen atoms in total. The minimum atomic E-state index is -0.562. The lowest BCUT2D eigenvalue weighted by Crippen LogP contribution is -2.27. The van der Waals surface area contributed by atoms with Crippen molar-refractivity contribution in [1.82, 2.24) is 10.2 Å². The van der Waals surface area contributed by atoms with Crippen LogP contribution in [0.25, 0.3) is 0 Å². The van der Waals surface area contributed by atoms with Gasteiger partial charge in [0.05, 0.1) is 0 Å². The van der Waals surface area contributed by atoms with Crippen LogP contribution in [0.2, 0.25) is 5.02 Å². The molecule has 0 atom stereocenters.